The number of nitro groups is 1. The Kier molecular flexibility index (Phi) is 3.88. The SMILES string of the molecule is CC(C)(C)n1cc(CNc2cc(F)cc([N+](=O)[O-])c2)nn1. The van der Waals surface area contributed by atoms with Gasteiger partial charge in [-0.1, -0.05) is 5.21 Å². The van der Waals surface area contributed by atoms with Gasteiger partial charge in [-0.2, -0.15) is 0 Å². The van der Waals surface area contributed by atoms with Gasteiger partial charge in [0, 0.05) is 11.8 Å². The van der Waals surface area contributed by atoms with Crippen LogP contribution in [-0.2, 0) is 12.1 Å². The molecule has 21 heavy (non-hydrogen) atoms. The molecular formula is C13H16FN5O2. The van der Waals surface area contributed by atoms with E-state index in [-0.39, 0.29) is 11.2 Å². The number of hydrogen-bond donors (Lipinski definition) is 1. The molecule has 0 unspecified atom stereocenters. The van der Waals surface area contributed by atoms with Crippen molar-refractivity contribution in [3.8, 4) is 0 Å². The second kappa shape index (κ2) is 5.47. The van der Waals surface area contributed by atoms with E-state index >= 15 is 0 Å². The lowest BCUT2D eigenvalue weighted by Gasteiger charge is -2.17. The number of rotatable bonds is 4. The summed E-state index contributed by atoms with van der Waals surface area (Å²) in [6.45, 7) is 6.29. The van der Waals surface area contributed by atoms with Crippen LogP contribution < -0.4 is 5.32 Å². The van der Waals surface area contributed by atoms with Gasteiger partial charge >= 0.3 is 0 Å². The van der Waals surface area contributed by atoms with Crippen LogP contribution in [0.5, 0.6) is 0 Å². The lowest BCUT2D eigenvalue weighted by molar-refractivity contribution is -0.385. The summed E-state index contributed by atoms with van der Waals surface area (Å²) in [6.07, 6.45) is 1.78. The molecule has 2 rings (SSSR count). The van der Waals surface area contributed by atoms with E-state index < -0.39 is 10.7 Å². The minimum atomic E-state index is -0.662. The van der Waals surface area contributed by atoms with Crippen LogP contribution in [0, 0.1) is 15.9 Å². The fourth-order valence-corrected chi connectivity index (χ4v) is 1.68. The number of anilines is 1. The largest absolute Gasteiger partial charge is 0.379 e. The molecule has 0 radical (unpaired) electrons. The van der Waals surface area contributed by atoms with Crippen molar-refractivity contribution >= 4 is 11.4 Å². The summed E-state index contributed by atoms with van der Waals surface area (Å²) >= 11 is 0. The van der Waals surface area contributed by atoms with E-state index in [0.29, 0.717) is 17.9 Å². The highest BCUT2D eigenvalue weighted by atomic mass is 19.1. The van der Waals surface area contributed by atoms with E-state index in [1.165, 1.54) is 12.1 Å². The predicted octanol–water partition coefficient (Wildman–Crippen LogP) is 2.69. The summed E-state index contributed by atoms with van der Waals surface area (Å²) in [4.78, 5) is 10.0. The molecule has 1 N–H and O–H groups in total. The van der Waals surface area contributed by atoms with Crippen LogP contribution in [0.2, 0.25) is 0 Å². The fourth-order valence-electron chi connectivity index (χ4n) is 1.68. The molecule has 0 fully saturated rings. The first-order valence-electron chi connectivity index (χ1n) is 6.36. The number of aromatic nitrogens is 3. The van der Waals surface area contributed by atoms with Crippen LogP contribution in [0.15, 0.2) is 24.4 Å². The zero-order valence-corrected chi connectivity index (χ0v) is 12.0. The zero-order valence-electron chi connectivity index (χ0n) is 12.0. The fraction of sp³-hybridized carbons (Fsp3) is 0.385. The summed E-state index contributed by atoms with van der Waals surface area (Å²) < 4.78 is 15.0. The molecule has 0 bridgehead atoms. The van der Waals surface area contributed by atoms with E-state index in [1.54, 1.807) is 10.9 Å². The van der Waals surface area contributed by atoms with E-state index in [2.05, 4.69) is 15.6 Å². The average molecular weight is 293 g/mol. The van der Waals surface area contributed by atoms with Crippen LogP contribution in [0.4, 0.5) is 15.8 Å². The minimum absolute atomic E-state index is 0.178. The zero-order chi connectivity index (χ0) is 15.6. The third-order valence-corrected chi connectivity index (χ3v) is 2.80. The lowest BCUT2D eigenvalue weighted by Crippen LogP contribution is -2.22. The van der Waals surface area contributed by atoms with Crippen LogP contribution in [0.1, 0.15) is 26.5 Å². The summed E-state index contributed by atoms with van der Waals surface area (Å²) in [5.41, 5.74) is 0.516. The second-order valence-electron chi connectivity index (χ2n) is 5.63. The van der Waals surface area contributed by atoms with Crippen LogP contribution >= 0.6 is 0 Å². The van der Waals surface area contributed by atoms with Gasteiger partial charge < -0.3 is 5.32 Å². The van der Waals surface area contributed by atoms with Crippen molar-refractivity contribution in [3.05, 3.63) is 46.0 Å². The van der Waals surface area contributed by atoms with Crippen LogP contribution in [0.3, 0.4) is 0 Å². The van der Waals surface area contributed by atoms with Gasteiger partial charge in [0.15, 0.2) is 0 Å². The molecule has 0 aliphatic carbocycles. The standard InChI is InChI=1S/C13H16FN5O2/c1-13(2,3)18-8-11(16-17-18)7-15-10-4-9(14)5-12(6-10)19(20)21/h4-6,8,15H,7H2,1-3H3. The number of nitro benzene ring substituents is 1. The maximum atomic E-state index is 13.3. The molecule has 2 aromatic rings. The Morgan fingerprint density at radius 2 is 2.10 bits per heavy atom. The molecule has 1 heterocycles. The number of non-ortho nitro benzene ring substituents is 1. The van der Waals surface area contributed by atoms with E-state index in [4.69, 9.17) is 0 Å². The normalized spacial score (nSPS) is 11.4. The van der Waals surface area contributed by atoms with Gasteiger partial charge in [0.25, 0.3) is 5.69 Å². The van der Waals surface area contributed by atoms with Gasteiger partial charge in [-0.15, -0.1) is 5.10 Å². The van der Waals surface area contributed by atoms with E-state index in [0.717, 1.165) is 6.07 Å². The Labute approximate surface area is 120 Å². The molecule has 0 spiro atoms. The van der Waals surface area contributed by atoms with Crippen molar-refractivity contribution in [1.29, 1.82) is 0 Å². The Morgan fingerprint density at radius 3 is 2.67 bits per heavy atom. The van der Waals surface area contributed by atoms with Crippen molar-refractivity contribution in [3.63, 3.8) is 0 Å². The molecule has 1 aromatic carbocycles. The molecule has 8 heteroatoms. The first kappa shape index (κ1) is 14.9. The molecule has 112 valence electrons. The Bertz CT molecular complexity index is 663. The molecule has 0 aliphatic rings. The first-order valence-corrected chi connectivity index (χ1v) is 6.36. The number of hydrogen-bond acceptors (Lipinski definition) is 5. The Hall–Kier alpha value is -2.51. The van der Waals surface area contributed by atoms with Gasteiger partial charge in [0.1, 0.15) is 11.5 Å². The third-order valence-electron chi connectivity index (χ3n) is 2.80. The van der Waals surface area contributed by atoms with Gasteiger partial charge in [-0.3, -0.25) is 10.1 Å². The van der Waals surface area contributed by atoms with Gasteiger partial charge in [0.2, 0.25) is 0 Å². The number of halogens is 1. The summed E-state index contributed by atoms with van der Waals surface area (Å²) in [5.74, 6) is -0.662. The van der Waals surface area contributed by atoms with Crippen molar-refractivity contribution in [2.75, 3.05) is 5.32 Å². The maximum absolute atomic E-state index is 13.3. The maximum Gasteiger partial charge on any atom is 0.274 e. The highest BCUT2D eigenvalue weighted by Crippen LogP contribution is 2.20. The highest BCUT2D eigenvalue weighted by molar-refractivity contribution is 5.51. The van der Waals surface area contributed by atoms with E-state index in [1.807, 2.05) is 20.8 Å². The molecular weight excluding hydrogens is 277 g/mol. The van der Waals surface area contributed by atoms with Crippen LogP contribution in [-0.4, -0.2) is 19.9 Å². The monoisotopic (exact) mass is 293 g/mol. The Morgan fingerprint density at radius 1 is 1.38 bits per heavy atom. The van der Waals surface area contributed by atoms with Crippen molar-refractivity contribution < 1.29 is 9.31 Å². The quantitative estimate of drug-likeness (QED) is 0.692. The summed E-state index contributed by atoms with van der Waals surface area (Å²) in [6, 6.07) is 3.35. The van der Waals surface area contributed by atoms with Crippen molar-refractivity contribution in [2.24, 2.45) is 0 Å². The molecule has 0 atom stereocenters. The molecule has 0 saturated carbocycles. The average Bonchev–Trinajstić information content (AvgIpc) is 2.84. The highest BCUT2D eigenvalue weighted by Gasteiger charge is 2.15. The molecule has 0 amide bonds. The third kappa shape index (κ3) is 3.74. The first-order chi connectivity index (χ1) is 9.75. The van der Waals surface area contributed by atoms with Gasteiger partial charge in [-0.25, -0.2) is 9.07 Å². The number of benzene rings is 1. The lowest BCUT2D eigenvalue weighted by atomic mass is 10.1. The second-order valence-corrected chi connectivity index (χ2v) is 5.63. The predicted molar refractivity (Wildman–Crippen MR) is 75.4 cm³/mol. The van der Waals surface area contributed by atoms with Crippen molar-refractivity contribution in [2.45, 2.75) is 32.9 Å². The van der Waals surface area contributed by atoms with Crippen LogP contribution in [0.25, 0.3) is 0 Å². The minimum Gasteiger partial charge on any atom is -0.379 e. The molecule has 7 nitrogen and oxygen atoms in total. The number of nitrogens with one attached hydrogen (secondary N) is 1. The van der Waals surface area contributed by atoms with Gasteiger partial charge in [0.05, 0.1) is 29.3 Å². The topological polar surface area (TPSA) is 85.9 Å². The molecule has 0 saturated heterocycles. The Balaban J connectivity index is 2.10. The molecule has 1 aromatic heterocycles. The smallest absolute Gasteiger partial charge is 0.274 e. The number of nitrogens with zero attached hydrogens (tertiary/aromatic N) is 4. The van der Waals surface area contributed by atoms with Gasteiger partial charge in [-0.05, 0) is 26.8 Å². The van der Waals surface area contributed by atoms with E-state index in [9.17, 15) is 14.5 Å². The summed E-state index contributed by atoms with van der Waals surface area (Å²) in [7, 11) is 0. The molecule has 0 aliphatic heterocycles. The summed E-state index contributed by atoms with van der Waals surface area (Å²) in [5, 5.41) is 21.6. The van der Waals surface area contributed by atoms with Crippen molar-refractivity contribution in [1.82, 2.24) is 15.0 Å².